The summed E-state index contributed by atoms with van der Waals surface area (Å²) in [6, 6.07) is 15.1. The summed E-state index contributed by atoms with van der Waals surface area (Å²) < 4.78 is 1.30. The number of carbonyl (C=O) groups is 1. The Kier molecular flexibility index (Phi) is 6.30. The molecule has 0 unspecified atom stereocenters. The lowest BCUT2D eigenvalue weighted by molar-refractivity contribution is -0.121. The molecule has 0 aliphatic carbocycles. The standard InChI is InChI=1S/C19H18ClN3O2S/c20-15-6-7-17-16(10-15)19(25)23(13-22-17)11-18(24)21-8-9-26-12-14-4-2-1-3-5-14/h1-7,10,13H,8-9,11-12H2,(H,21,24). The predicted molar refractivity (Wildman–Crippen MR) is 107 cm³/mol. The molecule has 2 aromatic carbocycles. The van der Waals surface area contributed by atoms with E-state index in [4.69, 9.17) is 11.6 Å². The minimum Gasteiger partial charge on any atom is -0.354 e. The number of benzene rings is 2. The summed E-state index contributed by atoms with van der Waals surface area (Å²) in [5.41, 5.74) is 1.55. The molecule has 26 heavy (non-hydrogen) atoms. The zero-order valence-electron chi connectivity index (χ0n) is 14.0. The van der Waals surface area contributed by atoms with Crippen LogP contribution >= 0.6 is 23.4 Å². The quantitative estimate of drug-likeness (QED) is 0.633. The van der Waals surface area contributed by atoms with Crippen LogP contribution in [0.4, 0.5) is 0 Å². The molecule has 0 aliphatic rings. The fourth-order valence-corrected chi connectivity index (χ4v) is 3.47. The summed E-state index contributed by atoms with van der Waals surface area (Å²) in [5.74, 6) is 1.50. The Balaban J connectivity index is 1.50. The maximum Gasteiger partial charge on any atom is 0.261 e. The Morgan fingerprint density at radius 2 is 2.00 bits per heavy atom. The Bertz CT molecular complexity index is 960. The third-order valence-electron chi connectivity index (χ3n) is 3.78. The van der Waals surface area contributed by atoms with Gasteiger partial charge in [-0.2, -0.15) is 11.8 Å². The first-order chi connectivity index (χ1) is 12.6. The van der Waals surface area contributed by atoms with Gasteiger partial charge in [-0.15, -0.1) is 0 Å². The molecule has 0 saturated carbocycles. The van der Waals surface area contributed by atoms with Crippen molar-refractivity contribution in [2.45, 2.75) is 12.3 Å². The fraction of sp³-hybridized carbons (Fsp3) is 0.211. The van der Waals surface area contributed by atoms with E-state index >= 15 is 0 Å². The summed E-state index contributed by atoms with van der Waals surface area (Å²) in [6.07, 6.45) is 1.39. The van der Waals surface area contributed by atoms with Crippen molar-refractivity contribution < 1.29 is 4.79 Å². The zero-order valence-corrected chi connectivity index (χ0v) is 15.6. The van der Waals surface area contributed by atoms with Gasteiger partial charge in [0.15, 0.2) is 0 Å². The van der Waals surface area contributed by atoms with Gasteiger partial charge in [0.2, 0.25) is 5.91 Å². The van der Waals surface area contributed by atoms with E-state index in [0.717, 1.165) is 11.5 Å². The average molecular weight is 388 g/mol. The molecule has 1 aromatic heterocycles. The minimum absolute atomic E-state index is 0.0579. The van der Waals surface area contributed by atoms with Gasteiger partial charge in [-0.3, -0.25) is 14.2 Å². The van der Waals surface area contributed by atoms with Gasteiger partial charge in [-0.05, 0) is 23.8 Å². The molecule has 0 bridgehead atoms. The highest BCUT2D eigenvalue weighted by Gasteiger charge is 2.08. The molecule has 1 amide bonds. The SMILES string of the molecule is O=C(Cn1cnc2ccc(Cl)cc2c1=O)NCCSCc1ccccc1. The number of fused-ring (bicyclic) bond motifs is 1. The van der Waals surface area contributed by atoms with Gasteiger partial charge in [0.25, 0.3) is 5.56 Å². The molecule has 7 heteroatoms. The van der Waals surface area contributed by atoms with Crippen molar-refractivity contribution in [3.8, 4) is 0 Å². The summed E-state index contributed by atoms with van der Waals surface area (Å²) in [7, 11) is 0. The van der Waals surface area contributed by atoms with Crippen molar-refractivity contribution in [1.82, 2.24) is 14.9 Å². The number of nitrogens with zero attached hydrogens (tertiary/aromatic N) is 2. The molecule has 0 atom stereocenters. The molecule has 5 nitrogen and oxygen atoms in total. The lowest BCUT2D eigenvalue weighted by atomic mass is 10.2. The van der Waals surface area contributed by atoms with E-state index in [1.165, 1.54) is 16.5 Å². The zero-order chi connectivity index (χ0) is 18.4. The minimum atomic E-state index is -0.272. The van der Waals surface area contributed by atoms with Crippen molar-refractivity contribution in [2.24, 2.45) is 0 Å². The number of thioether (sulfide) groups is 1. The van der Waals surface area contributed by atoms with E-state index in [1.54, 1.807) is 30.0 Å². The van der Waals surface area contributed by atoms with Gasteiger partial charge in [0.05, 0.1) is 17.2 Å². The number of hydrogen-bond acceptors (Lipinski definition) is 4. The molecule has 134 valence electrons. The van der Waals surface area contributed by atoms with Gasteiger partial charge in [0, 0.05) is 23.1 Å². The molecule has 0 radical (unpaired) electrons. The van der Waals surface area contributed by atoms with Gasteiger partial charge >= 0.3 is 0 Å². The van der Waals surface area contributed by atoms with E-state index in [0.29, 0.717) is 22.5 Å². The van der Waals surface area contributed by atoms with Gasteiger partial charge < -0.3 is 5.32 Å². The van der Waals surface area contributed by atoms with Crippen molar-refractivity contribution in [3.63, 3.8) is 0 Å². The van der Waals surface area contributed by atoms with Crippen LogP contribution in [0.5, 0.6) is 0 Å². The second-order valence-electron chi connectivity index (χ2n) is 5.73. The van der Waals surface area contributed by atoms with Crippen molar-refractivity contribution in [1.29, 1.82) is 0 Å². The number of rotatable bonds is 7. The lowest BCUT2D eigenvalue weighted by Gasteiger charge is -2.08. The third kappa shape index (κ3) is 4.86. The molecule has 0 fully saturated rings. The van der Waals surface area contributed by atoms with E-state index in [9.17, 15) is 9.59 Å². The fourth-order valence-electron chi connectivity index (χ4n) is 2.48. The molecular weight excluding hydrogens is 370 g/mol. The number of carbonyl (C=O) groups excluding carboxylic acids is 1. The summed E-state index contributed by atoms with van der Waals surface area (Å²) >= 11 is 7.68. The van der Waals surface area contributed by atoms with Crippen LogP contribution in [0.2, 0.25) is 5.02 Å². The normalized spacial score (nSPS) is 10.8. The molecule has 3 aromatic rings. The first-order valence-corrected chi connectivity index (χ1v) is 9.70. The second-order valence-corrected chi connectivity index (χ2v) is 7.27. The van der Waals surface area contributed by atoms with E-state index < -0.39 is 0 Å². The highest BCUT2D eigenvalue weighted by Crippen LogP contribution is 2.14. The number of nitrogens with one attached hydrogen (secondary N) is 1. The van der Waals surface area contributed by atoms with Crippen molar-refractivity contribution in [3.05, 3.63) is 75.8 Å². The molecule has 0 spiro atoms. The lowest BCUT2D eigenvalue weighted by Crippen LogP contribution is -2.33. The molecule has 0 aliphatic heterocycles. The van der Waals surface area contributed by atoms with Crippen LogP contribution in [-0.4, -0.2) is 27.8 Å². The Labute approximate surface area is 160 Å². The largest absolute Gasteiger partial charge is 0.354 e. The topological polar surface area (TPSA) is 64.0 Å². The van der Waals surface area contributed by atoms with E-state index in [-0.39, 0.29) is 18.0 Å². The highest BCUT2D eigenvalue weighted by atomic mass is 35.5. The first-order valence-electron chi connectivity index (χ1n) is 8.16. The van der Waals surface area contributed by atoms with Crippen LogP contribution < -0.4 is 10.9 Å². The number of hydrogen-bond donors (Lipinski definition) is 1. The van der Waals surface area contributed by atoms with Gasteiger partial charge in [-0.1, -0.05) is 41.9 Å². The molecule has 1 N–H and O–H groups in total. The van der Waals surface area contributed by atoms with E-state index in [1.807, 2.05) is 18.2 Å². The smallest absolute Gasteiger partial charge is 0.261 e. The highest BCUT2D eigenvalue weighted by molar-refractivity contribution is 7.98. The summed E-state index contributed by atoms with van der Waals surface area (Å²) in [6.45, 7) is 0.496. The number of halogens is 1. The van der Waals surface area contributed by atoms with Crippen LogP contribution in [0.15, 0.2) is 59.7 Å². The van der Waals surface area contributed by atoms with Crippen molar-refractivity contribution >= 4 is 40.2 Å². The Morgan fingerprint density at radius 3 is 2.81 bits per heavy atom. The Morgan fingerprint density at radius 1 is 1.19 bits per heavy atom. The van der Waals surface area contributed by atoms with Crippen molar-refractivity contribution in [2.75, 3.05) is 12.3 Å². The van der Waals surface area contributed by atoms with Gasteiger partial charge in [0.1, 0.15) is 6.54 Å². The van der Waals surface area contributed by atoms with Crippen LogP contribution in [0, 0.1) is 0 Å². The number of aromatic nitrogens is 2. The molecule has 1 heterocycles. The van der Waals surface area contributed by atoms with Crippen LogP contribution in [-0.2, 0) is 17.1 Å². The number of amides is 1. The average Bonchev–Trinajstić information content (AvgIpc) is 2.65. The maximum atomic E-state index is 12.4. The summed E-state index contributed by atoms with van der Waals surface area (Å²) in [4.78, 5) is 28.7. The van der Waals surface area contributed by atoms with Crippen LogP contribution in [0.3, 0.4) is 0 Å². The Hall–Kier alpha value is -2.31. The van der Waals surface area contributed by atoms with E-state index in [2.05, 4.69) is 22.4 Å². The second kappa shape index (κ2) is 8.87. The van der Waals surface area contributed by atoms with Gasteiger partial charge in [-0.25, -0.2) is 4.98 Å². The van der Waals surface area contributed by atoms with Crippen LogP contribution in [0.1, 0.15) is 5.56 Å². The maximum absolute atomic E-state index is 12.4. The molecule has 0 saturated heterocycles. The first kappa shape index (κ1) is 18.5. The third-order valence-corrected chi connectivity index (χ3v) is 5.05. The molecular formula is C19H18ClN3O2S. The molecule has 3 rings (SSSR count). The van der Waals surface area contributed by atoms with Crippen LogP contribution in [0.25, 0.3) is 10.9 Å². The summed E-state index contributed by atoms with van der Waals surface area (Å²) in [5, 5.41) is 3.71. The predicted octanol–water partition coefficient (Wildman–Crippen LogP) is 3.10. The monoisotopic (exact) mass is 387 g/mol.